The molecule has 20 heavy (non-hydrogen) atoms. The van der Waals surface area contributed by atoms with Crippen LogP contribution < -0.4 is 4.90 Å². The Labute approximate surface area is 119 Å². The van der Waals surface area contributed by atoms with Crippen LogP contribution >= 0.6 is 0 Å². The minimum atomic E-state index is -0.542. The van der Waals surface area contributed by atoms with Gasteiger partial charge in [-0.05, 0) is 25.1 Å². The van der Waals surface area contributed by atoms with E-state index in [4.69, 9.17) is 5.26 Å². The molecule has 2 aromatic carbocycles. The van der Waals surface area contributed by atoms with E-state index in [0.29, 0.717) is 13.0 Å². The number of aliphatic hydroxyl groups excluding tert-OH is 1. The van der Waals surface area contributed by atoms with Gasteiger partial charge in [0.05, 0.1) is 18.6 Å². The molecule has 1 atom stereocenters. The van der Waals surface area contributed by atoms with Gasteiger partial charge < -0.3 is 10.0 Å². The first kappa shape index (κ1) is 14.1. The van der Waals surface area contributed by atoms with Crippen LogP contribution in [0, 0.1) is 11.3 Å². The second-order valence-electron chi connectivity index (χ2n) is 4.63. The van der Waals surface area contributed by atoms with Crippen LogP contribution in [0.25, 0.3) is 0 Å². The second kappa shape index (κ2) is 6.74. The van der Waals surface area contributed by atoms with Crippen molar-refractivity contribution in [3.8, 4) is 6.07 Å². The number of nitrogens with zero attached hydrogens (tertiary/aromatic N) is 2. The van der Waals surface area contributed by atoms with E-state index >= 15 is 0 Å². The van der Waals surface area contributed by atoms with Crippen molar-refractivity contribution in [2.24, 2.45) is 0 Å². The first-order valence-corrected chi connectivity index (χ1v) is 6.70. The lowest BCUT2D eigenvalue weighted by atomic mass is 10.1. The van der Waals surface area contributed by atoms with Gasteiger partial charge in [0.15, 0.2) is 0 Å². The number of para-hydroxylation sites is 2. The summed E-state index contributed by atoms with van der Waals surface area (Å²) in [5.41, 5.74) is 2.84. The molecule has 3 nitrogen and oxygen atoms in total. The summed E-state index contributed by atoms with van der Waals surface area (Å²) >= 11 is 0. The Balaban J connectivity index is 2.45. The summed E-state index contributed by atoms with van der Waals surface area (Å²) in [5, 5.41) is 18.8. The molecule has 0 saturated heterocycles. The second-order valence-corrected chi connectivity index (χ2v) is 4.63. The van der Waals surface area contributed by atoms with Crippen molar-refractivity contribution in [1.29, 1.82) is 5.26 Å². The molecule has 0 radical (unpaired) electrons. The van der Waals surface area contributed by atoms with Gasteiger partial charge in [-0.1, -0.05) is 36.4 Å². The molecule has 0 amide bonds. The lowest BCUT2D eigenvalue weighted by molar-refractivity contribution is 0.199. The molecule has 0 spiro atoms. The van der Waals surface area contributed by atoms with Gasteiger partial charge in [0.2, 0.25) is 0 Å². The van der Waals surface area contributed by atoms with E-state index in [0.717, 1.165) is 16.9 Å². The maximum Gasteiger partial charge on any atom is 0.0782 e. The average molecular weight is 266 g/mol. The first-order chi connectivity index (χ1) is 9.74. The van der Waals surface area contributed by atoms with Crippen molar-refractivity contribution in [2.75, 3.05) is 11.4 Å². The first-order valence-electron chi connectivity index (χ1n) is 6.70. The summed E-state index contributed by atoms with van der Waals surface area (Å²) in [7, 11) is 0. The van der Waals surface area contributed by atoms with Crippen molar-refractivity contribution in [3.05, 3.63) is 60.2 Å². The topological polar surface area (TPSA) is 47.3 Å². The van der Waals surface area contributed by atoms with Gasteiger partial charge in [0.1, 0.15) is 0 Å². The van der Waals surface area contributed by atoms with Gasteiger partial charge in [-0.15, -0.1) is 0 Å². The van der Waals surface area contributed by atoms with Gasteiger partial charge in [0.25, 0.3) is 0 Å². The van der Waals surface area contributed by atoms with Crippen LogP contribution in [-0.4, -0.2) is 11.7 Å². The fraction of sp³-hybridized carbons (Fsp3) is 0.235. The molecule has 0 aliphatic heterocycles. The molecule has 0 saturated carbocycles. The zero-order chi connectivity index (χ0) is 14.4. The number of nitriles is 1. The van der Waals surface area contributed by atoms with Crippen LogP contribution in [0.4, 0.5) is 11.4 Å². The third-order valence-electron chi connectivity index (χ3n) is 3.19. The smallest absolute Gasteiger partial charge is 0.0782 e. The standard InChI is InChI=1S/C17H18N2O/c1-14(20)16-10-5-6-11-17(16)19(13-7-12-18)15-8-3-2-4-9-15/h2-6,8-11,14,20H,7,13H2,1H3/t14-/m0/s1. The predicted molar refractivity (Wildman–Crippen MR) is 80.8 cm³/mol. The third kappa shape index (κ3) is 3.17. The quantitative estimate of drug-likeness (QED) is 0.895. The molecule has 1 N–H and O–H groups in total. The summed E-state index contributed by atoms with van der Waals surface area (Å²) in [6.07, 6.45) is -0.109. The maximum atomic E-state index is 9.93. The molecular formula is C17H18N2O. The highest BCUT2D eigenvalue weighted by atomic mass is 16.3. The van der Waals surface area contributed by atoms with Crippen molar-refractivity contribution in [1.82, 2.24) is 0 Å². The van der Waals surface area contributed by atoms with Gasteiger partial charge >= 0.3 is 0 Å². The normalized spacial score (nSPS) is 11.7. The van der Waals surface area contributed by atoms with Gasteiger partial charge in [-0.3, -0.25) is 0 Å². The lowest BCUT2D eigenvalue weighted by Gasteiger charge is -2.27. The number of hydrogen-bond donors (Lipinski definition) is 1. The Kier molecular flexibility index (Phi) is 4.75. The van der Waals surface area contributed by atoms with Gasteiger partial charge in [-0.2, -0.15) is 5.26 Å². The number of hydrogen-bond acceptors (Lipinski definition) is 3. The van der Waals surface area contributed by atoms with Gasteiger partial charge in [0, 0.05) is 23.5 Å². The summed E-state index contributed by atoms with van der Waals surface area (Å²) in [4.78, 5) is 2.07. The number of benzene rings is 2. The van der Waals surface area contributed by atoms with Gasteiger partial charge in [-0.25, -0.2) is 0 Å². The molecule has 0 unspecified atom stereocenters. The SMILES string of the molecule is C[C@H](O)c1ccccc1N(CCC#N)c1ccccc1. The summed E-state index contributed by atoms with van der Waals surface area (Å²) in [6, 6.07) is 19.9. The number of anilines is 2. The Hall–Kier alpha value is -2.31. The molecular weight excluding hydrogens is 248 g/mol. The molecule has 0 heterocycles. The monoisotopic (exact) mass is 266 g/mol. The minimum absolute atomic E-state index is 0.434. The minimum Gasteiger partial charge on any atom is -0.389 e. The van der Waals surface area contributed by atoms with E-state index in [2.05, 4.69) is 11.0 Å². The van der Waals surface area contributed by atoms with Crippen molar-refractivity contribution in [3.63, 3.8) is 0 Å². The fourth-order valence-electron chi connectivity index (χ4n) is 2.24. The van der Waals surface area contributed by atoms with Crippen LogP contribution in [0.15, 0.2) is 54.6 Å². The van der Waals surface area contributed by atoms with Crippen LogP contribution in [0.3, 0.4) is 0 Å². The number of aliphatic hydroxyl groups is 1. The third-order valence-corrected chi connectivity index (χ3v) is 3.19. The molecule has 0 bridgehead atoms. The van der Waals surface area contributed by atoms with Crippen molar-refractivity contribution >= 4 is 11.4 Å². The van der Waals surface area contributed by atoms with Crippen molar-refractivity contribution in [2.45, 2.75) is 19.4 Å². The molecule has 2 aromatic rings. The van der Waals surface area contributed by atoms with Crippen LogP contribution in [0.1, 0.15) is 25.0 Å². The molecule has 3 heteroatoms. The van der Waals surface area contributed by atoms with E-state index in [1.165, 1.54) is 0 Å². The fourth-order valence-corrected chi connectivity index (χ4v) is 2.24. The Morgan fingerprint density at radius 3 is 2.40 bits per heavy atom. The van der Waals surface area contributed by atoms with E-state index < -0.39 is 6.10 Å². The Morgan fingerprint density at radius 1 is 1.10 bits per heavy atom. The molecule has 0 aliphatic carbocycles. The predicted octanol–water partition coefficient (Wildman–Crippen LogP) is 3.79. The molecule has 102 valence electrons. The zero-order valence-corrected chi connectivity index (χ0v) is 11.5. The molecule has 0 aromatic heterocycles. The average Bonchev–Trinajstić information content (AvgIpc) is 2.49. The summed E-state index contributed by atoms with van der Waals surface area (Å²) in [6.45, 7) is 2.36. The lowest BCUT2D eigenvalue weighted by Crippen LogP contribution is -2.20. The van der Waals surface area contributed by atoms with E-state index in [1.807, 2.05) is 54.6 Å². The van der Waals surface area contributed by atoms with Crippen LogP contribution in [0.5, 0.6) is 0 Å². The van der Waals surface area contributed by atoms with E-state index in [1.54, 1.807) is 6.92 Å². The van der Waals surface area contributed by atoms with E-state index in [-0.39, 0.29) is 0 Å². The summed E-state index contributed by atoms with van der Waals surface area (Å²) in [5.74, 6) is 0. The highest BCUT2D eigenvalue weighted by Gasteiger charge is 2.15. The van der Waals surface area contributed by atoms with Crippen LogP contribution in [-0.2, 0) is 0 Å². The molecule has 0 aliphatic rings. The largest absolute Gasteiger partial charge is 0.389 e. The van der Waals surface area contributed by atoms with Crippen LogP contribution in [0.2, 0.25) is 0 Å². The highest BCUT2D eigenvalue weighted by molar-refractivity contribution is 5.66. The van der Waals surface area contributed by atoms with E-state index in [9.17, 15) is 5.11 Å². The Bertz CT molecular complexity index is 587. The summed E-state index contributed by atoms with van der Waals surface area (Å²) < 4.78 is 0. The molecule has 0 fully saturated rings. The highest BCUT2D eigenvalue weighted by Crippen LogP contribution is 2.31. The molecule has 2 rings (SSSR count). The zero-order valence-electron chi connectivity index (χ0n) is 11.5. The number of rotatable bonds is 5. The van der Waals surface area contributed by atoms with Crippen molar-refractivity contribution < 1.29 is 5.11 Å². The Morgan fingerprint density at radius 2 is 1.75 bits per heavy atom. The maximum absolute atomic E-state index is 9.93.